The summed E-state index contributed by atoms with van der Waals surface area (Å²) in [4.78, 5) is 0. The van der Waals surface area contributed by atoms with Gasteiger partial charge in [-0.05, 0) is 37.6 Å². The molecule has 114 valence electrons. The van der Waals surface area contributed by atoms with Gasteiger partial charge >= 0.3 is 6.18 Å². The number of halogens is 3. The van der Waals surface area contributed by atoms with Gasteiger partial charge in [0.25, 0.3) is 0 Å². The molecule has 0 spiro atoms. The van der Waals surface area contributed by atoms with Crippen LogP contribution in [0, 0.1) is 5.41 Å². The van der Waals surface area contributed by atoms with Crippen molar-refractivity contribution in [2.75, 3.05) is 19.8 Å². The number of rotatable bonds is 6. The molecule has 0 aromatic carbocycles. The van der Waals surface area contributed by atoms with Gasteiger partial charge in [-0.15, -0.1) is 0 Å². The number of ether oxygens (including phenoxy) is 1. The highest BCUT2D eigenvalue weighted by molar-refractivity contribution is 4.81. The van der Waals surface area contributed by atoms with Gasteiger partial charge in [0, 0.05) is 6.61 Å². The van der Waals surface area contributed by atoms with E-state index in [9.17, 15) is 13.2 Å². The molecule has 1 rings (SSSR count). The highest BCUT2D eigenvalue weighted by atomic mass is 19.4. The second-order valence-corrected chi connectivity index (χ2v) is 5.74. The molecule has 0 unspecified atom stereocenters. The monoisotopic (exact) mass is 281 g/mol. The van der Waals surface area contributed by atoms with Crippen LogP contribution in [0.25, 0.3) is 0 Å². The molecule has 5 heteroatoms. The molecule has 0 aliphatic heterocycles. The van der Waals surface area contributed by atoms with Crippen LogP contribution in [0.1, 0.15) is 57.8 Å². The van der Waals surface area contributed by atoms with Crippen LogP contribution in [-0.4, -0.2) is 25.9 Å². The van der Waals surface area contributed by atoms with E-state index in [1.54, 1.807) is 0 Å². The lowest BCUT2D eigenvalue weighted by Gasteiger charge is -2.34. The summed E-state index contributed by atoms with van der Waals surface area (Å²) in [5.41, 5.74) is 6.06. The van der Waals surface area contributed by atoms with Crippen molar-refractivity contribution >= 4 is 0 Å². The molecular weight excluding hydrogens is 255 g/mol. The van der Waals surface area contributed by atoms with Gasteiger partial charge in [-0.1, -0.05) is 32.1 Å². The number of hydrogen-bond donors (Lipinski definition) is 1. The molecule has 0 atom stereocenters. The summed E-state index contributed by atoms with van der Waals surface area (Å²) in [6.45, 7) is -0.309. The molecule has 0 radical (unpaired) electrons. The highest BCUT2D eigenvalue weighted by Gasteiger charge is 2.29. The molecule has 0 aromatic heterocycles. The highest BCUT2D eigenvalue weighted by Crippen LogP contribution is 2.37. The zero-order valence-electron chi connectivity index (χ0n) is 11.6. The van der Waals surface area contributed by atoms with Crippen LogP contribution >= 0.6 is 0 Å². The fraction of sp³-hybridized carbons (Fsp3) is 1.00. The summed E-state index contributed by atoms with van der Waals surface area (Å²) in [6, 6.07) is 0. The van der Waals surface area contributed by atoms with Crippen LogP contribution in [0.15, 0.2) is 0 Å². The second-order valence-electron chi connectivity index (χ2n) is 5.74. The molecule has 0 saturated heterocycles. The molecule has 1 fully saturated rings. The number of hydrogen-bond acceptors (Lipinski definition) is 2. The Labute approximate surface area is 113 Å². The van der Waals surface area contributed by atoms with Gasteiger partial charge < -0.3 is 10.5 Å². The SMILES string of the molecule is NCC1(CCCOCC(F)(F)F)CCCCCCC1. The zero-order valence-corrected chi connectivity index (χ0v) is 11.6. The maximum atomic E-state index is 11.9. The van der Waals surface area contributed by atoms with Crippen LogP contribution in [0.2, 0.25) is 0 Å². The van der Waals surface area contributed by atoms with Gasteiger partial charge in [-0.2, -0.15) is 13.2 Å². The van der Waals surface area contributed by atoms with Crippen molar-refractivity contribution in [1.82, 2.24) is 0 Å². The summed E-state index contributed by atoms with van der Waals surface area (Å²) < 4.78 is 40.5. The van der Waals surface area contributed by atoms with Crippen molar-refractivity contribution < 1.29 is 17.9 Å². The first-order valence-corrected chi connectivity index (χ1v) is 7.32. The number of alkyl halides is 3. The maximum Gasteiger partial charge on any atom is 0.411 e. The molecule has 2 N–H and O–H groups in total. The van der Waals surface area contributed by atoms with Crippen LogP contribution in [0.4, 0.5) is 13.2 Å². The molecular formula is C14H26F3NO. The summed E-state index contributed by atoms with van der Waals surface area (Å²) in [5.74, 6) is 0. The van der Waals surface area contributed by atoms with Crippen molar-refractivity contribution in [3.05, 3.63) is 0 Å². The quantitative estimate of drug-likeness (QED) is 0.746. The third kappa shape index (κ3) is 7.16. The first-order chi connectivity index (χ1) is 8.97. The second kappa shape index (κ2) is 8.10. The third-order valence-corrected chi connectivity index (χ3v) is 4.11. The Morgan fingerprint density at radius 3 is 2.11 bits per heavy atom. The average molecular weight is 281 g/mol. The summed E-state index contributed by atoms with van der Waals surface area (Å²) in [5, 5.41) is 0. The summed E-state index contributed by atoms with van der Waals surface area (Å²) in [7, 11) is 0. The van der Waals surface area contributed by atoms with Crippen molar-refractivity contribution in [1.29, 1.82) is 0 Å². The summed E-state index contributed by atoms with van der Waals surface area (Å²) >= 11 is 0. The Balaban J connectivity index is 2.26. The minimum absolute atomic E-state index is 0.141. The van der Waals surface area contributed by atoms with Crippen LogP contribution in [0.3, 0.4) is 0 Å². The molecule has 1 aliphatic carbocycles. The average Bonchev–Trinajstić information content (AvgIpc) is 2.30. The topological polar surface area (TPSA) is 35.2 Å². The number of nitrogens with two attached hydrogens (primary N) is 1. The van der Waals surface area contributed by atoms with Crippen LogP contribution in [0.5, 0.6) is 0 Å². The molecule has 19 heavy (non-hydrogen) atoms. The van der Waals surface area contributed by atoms with Crippen LogP contribution in [-0.2, 0) is 4.74 Å². The van der Waals surface area contributed by atoms with Crippen molar-refractivity contribution in [2.24, 2.45) is 11.1 Å². The Kier molecular flexibility index (Phi) is 7.15. The first kappa shape index (κ1) is 16.8. The molecule has 1 saturated carbocycles. The zero-order chi connectivity index (χ0) is 14.2. The van der Waals surface area contributed by atoms with Crippen molar-refractivity contribution in [2.45, 2.75) is 64.0 Å². The minimum atomic E-state index is -4.22. The first-order valence-electron chi connectivity index (χ1n) is 7.32. The fourth-order valence-electron chi connectivity index (χ4n) is 2.95. The molecule has 1 aliphatic rings. The predicted octanol–water partition coefficient (Wildman–Crippen LogP) is 4.03. The smallest absolute Gasteiger partial charge is 0.372 e. The van der Waals surface area contributed by atoms with Gasteiger partial charge in [-0.3, -0.25) is 0 Å². The third-order valence-electron chi connectivity index (χ3n) is 4.11. The van der Waals surface area contributed by atoms with Gasteiger partial charge in [0.05, 0.1) is 0 Å². The maximum absolute atomic E-state index is 11.9. The van der Waals surface area contributed by atoms with E-state index in [-0.39, 0.29) is 12.0 Å². The Morgan fingerprint density at radius 1 is 1.00 bits per heavy atom. The van der Waals surface area contributed by atoms with Gasteiger partial charge in [0.2, 0.25) is 0 Å². The van der Waals surface area contributed by atoms with E-state index >= 15 is 0 Å². The Hall–Kier alpha value is -0.290. The van der Waals surface area contributed by atoms with E-state index < -0.39 is 12.8 Å². The van der Waals surface area contributed by atoms with Crippen molar-refractivity contribution in [3.8, 4) is 0 Å². The fourth-order valence-corrected chi connectivity index (χ4v) is 2.95. The van der Waals surface area contributed by atoms with Gasteiger partial charge in [-0.25, -0.2) is 0 Å². The van der Waals surface area contributed by atoms with E-state index in [2.05, 4.69) is 4.74 Å². The van der Waals surface area contributed by atoms with Gasteiger partial charge in [0.1, 0.15) is 6.61 Å². The lowest BCUT2D eigenvalue weighted by Crippen LogP contribution is -2.32. The van der Waals surface area contributed by atoms with Gasteiger partial charge in [0.15, 0.2) is 0 Å². The predicted molar refractivity (Wildman–Crippen MR) is 69.9 cm³/mol. The minimum Gasteiger partial charge on any atom is -0.372 e. The van der Waals surface area contributed by atoms with E-state index in [1.807, 2.05) is 0 Å². The van der Waals surface area contributed by atoms with E-state index in [4.69, 9.17) is 5.73 Å². The van der Waals surface area contributed by atoms with Crippen molar-refractivity contribution in [3.63, 3.8) is 0 Å². The van der Waals surface area contributed by atoms with Crippen LogP contribution < -0.4 is 5.73 Å². The van der Waals surface area contributed by atoms with E-state index in [0.717, 1.165) is 19.3 Å². The largest absolute Gasteiger partial charge is 0.411 e. The van der Waals surface area contributed by atoms with E-state index in [1.165, 1.54) is 32.1 Å². The molecule has 0 heterocycles. The molecule has 0 aromatic rings. The molecule has 0 amide bonds. The lowest BCUT2D eigenvalue weighted by molar-refractivity contribution is -0.174. The Bertz CT molecular complexity index is 235. The molecule has 2 nitrogen and oxygen atoms in total. The summed E-state index contributed by atoms with van der Waals surface area (Å²) in [6.07, 6.45) is 5.78. The standard InChI is InChI=1S/C14H26F3NO/c15-14(16,17)12-19-10-6-9-13(11-18)7-4-2-1-3-5-8-13/h1-12,18H2. The molecule has 0 bridgehead atoms. The Morgan fingerprint density at radius 2 is 1.58 bits per heavy atom. The normalized spacial score (nSPS) is 20.8. The lowest BCUT2D eigenvalue weighted by atomic mass is 9.73. The van der Waals surface area contributed by atoms with E-state index in [0.29, 0.717) is 13.0 Å².